The van der Waals surface area contributed by atoms with Crippen molar-refractivity contribution in [2.24, 2.45) is 5.41 Å². The van der Waals surface area contributed by atoms with Crippen molar-refractivity contribution < 1.29 is 4.79 Å². The third-order valence-electron chi connectivity index (χ3n) is 3.27. The fourth-order valence-electron chi connectivity index (χ4n) is 2.16. The Labute approximate surface area is 102 Å². The number of rotatable bonds is 1. The SMILES string of the molecule is CC1(C)CCC(n2cc(Cl)c(=O)[nH]c2=O)C1=O. The van der Waals surface area contributed by atoms with E-state index in [1.54, 1.807) is 0 Å². The van der Waals surface area contributed by atoms with Crippen LogP contribution in [0.2, 0.25) is 5.02 Å². The van der Waals surface area contributed by atoms with Gasteiger partial charge in [0.15, 0.2) is 5.78 Å². The summed E-state index contributed by atoms with van der Waals surface area (Å²) in [5.41, 5.74) is -1.64. The van der Waals surface area contributed by atoms with Crippen LogP contribution in [0.25, 0.3) is 0 Å². The highest BCUT2D eigenvalue weighted by Crippen LogP contribution is 2.39. The van der Waals surface area contributed by atoms with Crippen LogP contribution in [0.4, 0.5) is 0 Å². The number of halogens is 1. The number of carbonyl (C=O) groups excluding carboxylic acids is 1. The standard InChI is InChI=1S/C11H13ClN2O3/c1-11(2)4-3-7(8(11)15)14-5-6(12)9(16)13-10(14)17/h5,7H,3-4H2,1-2H3,(H,13,16,17). The van der Waals surface area contributed by atoms with Crippen molar-refractivity contribution in [1.29, 1.82) is 0 Å². The van der Waals surface area contributed by atoms with Crippen LogP contribution in [0.15, 0.2) is 15.8 Å². The van der Waals surface area contributed by atoms with Gasteiger partial charge in [-0.3, -0.25) is 19.1 Å². The molecule has 1 aliphatic carbocycles. The third-order valence-corrected chi connectivity index (χ3v) is 3.54. The molecule has 1 fully saturated rings. The van der Waals surface area contributed by atoms with Gasteiger partial charge in [-0.25, -0.2) is 4.79 Å². The van der Waals surface area contributed by atoms with Gasteiger partial charge in [0.2, 0.25) is 0 Å². The van der Waals surface area contributed by atoms with Crippen molar-refractivity contribution in [2.45, 2.75) is 32.7 Å². The minimum atomic E-state index is -0.627. The van der Waals surface area contributed by atoms with Crippen LogP contribution in [0, 0.1) is 5.41 Å². The fraction of sp³-hybridized carbons (Fsp3) is 0.545. The van der Waals surface area contributed by atoms with Crippen molar-refractivity contribution in [3.05, 3.63) is 32.1 Å². The summed E-state index contributed by atoms with van der Waals surface area (Å²) >= 11 is 5.67. The molecule has 0 radical (unpaired) electrons. The Kier molecular flexibility index (Phi) is 2.73. The van der Waals surface area contributed by atoms with Crippen molar-refractivity contribution in [3.63, 3.8) is 0 Å². The fourth-order valence-corrected chi connectivity index (χ4v) is 2.31. The minimum absolute atomic E-state index is 0.00251. The average Bonchev–Trinajstić information content (AvgIpc) is 2.49. The zero-order valence-electron chi connectivity index (χ0n) is 9.62. The van der Waals surface area contributed by atoms with E-state index in [-0.39, 0.29) is 10.8 Å². The molecule has 1 saturated carbocycles. The first-order valence-electron chi connectivity index (χ1n) is 5.38. The van der Waals surface area contributed by atoms with Crippen LogP contribution >= 0.6 is 11.6 Å². The van der Waals surface area contributed by atoms with E-state index in [1.165, 1.54) is 10.8 Å². The zero-order chi connectivity index (χ0) is 12.8. The van der Waals surface area contributed by atoms with Crippen LogP contribution in [-0.2, 0) is 4.79 Å². The minimum Gasteiger partial charge on any atom is -0.297 e. The van der Waals surface area contributed by atoms with Gasteiger partial charge in [0.1, 0.15) is 5.02 Å². The second kappa shape index (κ2) is 3.84. The molecule has 1 N–H and O–H groups in total. The van der Waals surface area contributed by atoms with E-state index in [9.17, 15) is 14.4 Å². The molecule has 1 unspecified atom stereocenters. The largest absolute Gasteiger partial charge is 0.329 e. The van der Waals surface area contributed by atoms with E-state index in [0.717, 1.165) is 6.42 Å². The third kappa shape index (κ3) is 1.95. The molecular formula is C11H13ClN2O3. The highest BCUT2D eigenvalue weighted by Gasteiger charge is 2.41. The molecule has 0 aromatic carbocycles. The zero-order valence-corrected chi connectivity index (χ0v) is 10.4. The summed E-state index contributed by atoms with van der Waals surface area (Å²) in [4.78, 5) is 36.9. The molecule has 0 spiro atoms. The van der Waals surface area contributed by atoms with Crippen LogP contribution < -0.4 is 11.2 Å². The number of H-pyrrole nitrogens is 1. The lowest BCUT2D eigenvalue weighted by molar-refractivity contribution is -0.127. The van der Waals surface area contributed by atoms with Gasteiger partial charge >= 0.3 is 5.69 Å². The lowest BCUT2D eigenvalue weighted by Crippen LogP contribution is -2.35. The summed E-state index contributed by atoms with van der Waals surface area (Å²) in [6.45, 7) is 3.71. The maximum Gasteiger partial charge on any atom is 0.329 e. The Morgan fingerprint density at radius 3 is 2.59 bits per heavy atom. The van der Waals surface area contributed by atoms with E-state index in [2.05, 4.69) is 4.98 Å². The Hall–Kier alpha value is -1.36. The molecule has 1 aromatic rings. The van der Waals surface area contributed by atoms with E-state index in [4.69, 9.17) is 11.6 Å². The molecule has 92 valence electrons. The van der Waals surface area contributed by atoms with Crippen LogP contribution in [-0.4, -0.2) is 15.3 Å². The van der Waals surface area contributed by atoms with Gasteiger partial charge in [-0.2, -0.15) is 0 Å². The van der Waals surface area contributed by atoms with Gasteiger partial charge in [-0.1, -0.05) is 25.4 Å². The summed E-state index contributed by atoms with van der Waals surface area (Å²) in [7, 11) is 0. The van der Waals surface area contributed by atoms with Crippen LogP contribution in [0.5, 0.6) is 0 Å². The number of aromatic amines is 1. The molecule has 1 aromatic heterocycles. The average molecular weight is 257 g/mol. The van der Waals surface area contributed by atoms with Gasteiger partial charge in [0.25, 0.3) is 5.56 Å². The molecular weight excluding hydrogens is 244 g/mol. The summed E-state index contributed by atoms with van der Waals surface area (Å²) in [6.07, 6.45) is 2.56. The summed E-state index contributed by atoms with van der Waals surface area (Å²) in [5.74, 6) is 0.00251. The van der Waals surface area contributed by atoms with Gasteiger partial charge in [0, 0.05) is 11.6 Å². The van der Waals surface area contributed by atoms with Crippen LogP contribution in [0.1, 0.15) is 32.7 Å². The molecule has 1 heterocycles. The molecule has 17 heavy (non-hydrogen) atoms. The van der Waals surface area contributed by atoms with Gasteiger partial charge in [0.05, 0.1) is 6.04 Å². The second-order valence-electron chi connectivity index (χ2n) is 4.95. The van der Waals surface area contributed by atoms with E-state index in [1.807, 2.05) is 13.8 Å². The molecule has 0 amide bonds. The van der Waals surface area contributed by atoms with Crippen molar-refractivity contribution >= 4 is 17.4 Å². The smallest absolute Gasteiger partial charge is 0.297 e. The normalized spacial score (nSPS) is 23.0. The number of Topliss-reactive ketones (excluding diaryl/α,β-unsaturated/α-hetero) is 1. The van der Waals surface area contributed by atoms with Gasteiger partial charge in [-0.05, 0) is 12.8 Å². The van der Waals surface area contributed by atoms with Gasteiger partial charge in [-0.15, -0.1) is 0 Å². The van der Waals surface area contributed by atoms with Crippen molar-refractivity contribution in [3.8, 4) is 0 Å². The number of ketones is 1. The summed E-state index contributed by atoms with van der Waals surface area (Å²) in [6, 6.07) is -0.521. The molecule has 1 aliphatic rings. The Bertz CT molecular complexity index is 585. The Morgan fingerprint density at radius 1 is 1.41 bits per heavy atom. The van der Waals surface area contributed by atoms with E-state index in [0.29, 0.717) is 6.42 Å². The summed E-state index contributed by atoms with van der Waals surface area (Å²) in [5, 5.41) is -0.0814. The van der Waals surface area contributed by atoms with E-state index < -0.39 is 22.7 Å². The number of carbonyl (C=O) groups is 1. The maximum absolute atomic E-state index is 12.1. The number of aromatic nitrogens is 2. The molecule has 0 bridgehead atoms. The highest BCUT2D eigenvalue weighted by molar-refractivity contribution is 6.30. The monoisotopic (exact) mass is 256 g/mol. The van der Waals surface area contributed by atoms with Crippen molar-refractivity contribution in [1.82, 2.24) is 9.55 Å². The first kappa shape index (κ1) is 12.1. The first-order valence-corrected chi connectivity index (χ1v) is 5.76. The number of hydrogen-bond acceptors (Lipinski definition) is 3. The predicted octanol–water partition coefficient (Wildman–Crippen LogP) is 1.12. The quantitative estimate of drug-likeness (QED) is 0.818. The molecule has 5 nitrogen and oxygen atoms in total. The van der Waals surface area contributed by atoms with Gasteiger partial charge < -0.3 is 0 Å². The lowest BCUT2D eigenvalue weighted by Gasteiger charge is -2.17. The topological polar surface area (TPSA) is 71.9 Å². The molecule has 2 rings (SSSR count). The number of nitrogens with zero attached hydrogens (tertiary/aromatic N) is 1. The molecule has 0 aliphatic heterocycles. The Balaban J connectivity index is 2.50. The Morgan fingerprint density at radius 2 is 2.06 bits per heavy atom. The predicted molar refractivity (Wildman–Crippen MR) is 63.4 cm³/mol. The first-order chi connectivity index (χ1) is 7.83. The maximum atomic E-state index is 12.1. The molecule has 1 atom stereocenters. The van der Waals surface area contributed by atoms with Crippen LogP contribution in [0.3, 0.4) is 0 Å². The summed E-state index contributed by atoms with van der Waals surface area (Å²) < 4.78 is 1.22. The molecule has 0 saturated heterocycles. The highest BCUT2D eigenvalue weighted by atomic mass is 35.5. The number of hydrogen-bond donors (Lipinski definition) is 1. The number of nitrogens with one attached hydrogen (secondary N) is 1. The molecule has 6 heteroatoms. The van der Waals surface area contributed by atoms with Crippen molar-refractivity contribution in [2.75, 3.05) is 0 Å². The van der Waals surface area contributed by atoms with E-state index >= 15 is 0 Å². The lowest BCUT2D eigenvalue weighted by atomic mass is 9.90. The second-order valence-corrected chi connectivity index (χ2v) is 5.35.